The van der Waals surface area contributed by atoms with E-state index in [0.29, 0.717) is 34.9 Å². The zero-order valence-electron chi connectivity index (χ0n) is 64.7. The topological polar surface area (TPSA) is 87.2 Å². The van der Waals surface area contributed by atoms with E-state index >= 15 is 0 Å². The van der Waals surface area contributed by atoms with Crippen LogP contribution in [-0.4, -0.2) is 39.0 Å². The summed E-state index contributed by atoms with van der Waals surface area (Å²) in [5, 5.41) is 9.26. The van der Waals surface area contributed by atoms with Gasteiger partial charge in [-0.05, 0) is 146 Å². The van der Waals surface area contributed by atoms with E-state index < -0.39 is 10.8 Å². The molecule has 4 aliphatic rings. The van der Waals surface area contributed by atoms with Gasteiger partial charge >= 0.3 is 0 Å². The maximum Gasteiger partial charge on any atom is 0.164 e. The summed E-state index contributed by atoms with van der Waals surface area (Å²) in [6.07, 6.45) is 0. The normalized spacial score (nSPS) is 14.1. The van der Waals surface area contributed by atoms with E-state index in [9.17, 15) is 0 Å². The molecule has 4 aromatic heterocycles. The largest absolute Gasteiger partial charge is 0.309 e. The van der Waals surface area contributed by atoms with Gasteiger partial charge < -0.3 is 9.13 Å². The Balaban J connectivity index is 0.589. The Kier molecular flexibility index (Phi) is 14.0. The molecule has 22 aromatic rings. The maximum absolute atomic E-state index is 5.53. The Bertz CT molecular complexity index is 8150. The lowest BCUT2D eigenvalue weighted by molar-refractivity contribution is 0.748. The van der Waals surface area contributed by atoms with Crippen LogP contribution in [0.1, 0.15) is 44.5 Å². The molecule has 554 valence electrons. The van der Waals surface area contributed by atoms with E-state index in [0.717, 1.165) is 82.7 Å². The Morgan fingerprint density at radius 1 is 0.175 bits per heavy atom. The third-order valence-electron chi connectivity index (χ3n) is 26.2. The van der Waals surface area contributed by atoms with Crippen LogP contribution >= 0.6 is 0 Å². The number of hydrogen-bond donors (Lipinski definition) is 0. The third kappa shape index (κ3) is 9.13. The van der Waals surface area contributed by atoms with Crippen LogP contribution in [0.5, 0.6) is 0 Å². The van der Waals surface area contributed by atoms with Gasteiger partial charge in [-0.1, -0.05) is 370 Å². The van der Waals surface area contributed by atoms with Gasteiger partial charge in [0, 0.05) is 60.5 Å². The van der Waals surface area contributed by atoms with Crippen LogP contribution in [-0.2, 0) is 10.8 Å². The summed E-state index contributed by atoms with van der Waals surface area (Å²) < 4.78 is 5.08. The smallest absolute Gasteiger partial charge is 0.164 e. The molecule has 0 fully saturated rings. The average Bonchev–Trinajstić information content (AvgIpc) is 1.46. The summed E-state index contributed by atoms with van der Waals surface area (Å²) in [6, 6.07) is 146. The summed E-state index contributed by atoms with van der Waals surface area (Å²) in [6.45, 7) is 0. The first-order valence-electron chi connectivity index (χ1n) is 41.2. The number of para-hydroxylation sites is 6. The molecule has 8 heteroatoms. The molecule has 6 heterocycles. The van der Waals surface area contributed by atoms with Crippen LogP contribution in [0.3, 0.4) is 0 Å². The predicted molar refractivity (Wildman–Crippen MR) is 488 cm³/mol. The first kappa shape index (κ1) is 66.4. The predicted octanol–water partition coefficient (Wildman–Crippen LogP) is 26.9. The summed E-state index contributed by atoms with van der Waals surface area (Å²) in [7, 11) is 0. The van der Waals surface area contributed by atoms with E-state index in [1.807, 2.05) is 36.4 Å². The van der Waals surface area contributed by atoms with Gasteiger partial charge in [0.1, 0.15) is 0 Å². The zero-order chi connectivity index (χ0) is 78.5. The van der Waals surface area contributed by atoms with Gasteiger partial charge in [0.2, 0.25) is 0 Å². The van der Waals surface area contributed by atoms with Crippen LogP contribution in [0.15, 0.2) is 400 Å². The average molecular weight is 1520 g/mol. The Morgan fingerprint density at radius 3 is 1.05 bits per heavy atom. The number of nitrogens with zero attached hydrogens (tertiary/aromatic N) is 8. The second-order valence-corrected chi connectivity index (χ2v) is 32.1. The van der Waals surface area contributed by atoms with Gasteiger partial charge in [0.25, 0.3) is 0 Å². The molecule has 0 radical (unpaired) electrons. The monoisotopic (exact) mass is 1520 g/mol. The molecule has 0 amide bonds. The fourth-order valence-electron chi connectivity index (χ4n) is 21.5. The molecular weight excluding hydrogens is 1460 g/mol. The van der Waals surface area contributed by atoms with Crippen molar-refractivity contribution in [1.29, 1.82) is 0 Å². The molecule has 2 spiro atoms. The highest BCUT2D eigenvalue weighted by molar-refractivity contribution is 6.17. The van der Waals surface area contributed by atoms with Crippen molar-refractivity contribution in [3.8, 4) is 135 Å². The molecular formula is C112H66N8. The van der Waals surface area contributed by atoms with Crippen molar-refractivity contribution in [3.05, 3.63) is 445 Å². The molecule has 0 bridgehead atoms. The van der Waals surface area contributed by atoms with Gasteiger partial charge in [-0.25, -0.2) is 29.9 Å². The molecule has 0 N–H and O–H groups in total. The van der Waals surface area contributed by atoms with Gasteiger partial charge in [-0.3, -0.25) is 0 Å². The fraction of sp³-hybridized carbons (Fsp3) is 0.0179. The van der Waals surface area contributed by atoms with Crippen molar-refractivity contribution in [2.24, 2.45) is 0 Å². The van der Waals surface area contributed by atoms with E-state index in [2.05, 4.69) is 373 Å². The second kappa shape index (κ2) is 25.3. The zero-order valence-corrected chi connectivity index (χ0v) is 64.7. The molecule has 26 rings (SSSR count). The van der Waals surface area contributed by atoms with Gasteiger partial charge in [0.05, 0.1) is 44.3 Å². The van der Waals surface area contributed by atoms with Crippen LogP contribution < -0.4 is 0 Å². The molecule has 2 aliphatic carbocycles. The van der Waals surface area contributed by atoms with Crippen LogP contribution in [0, 0.1) is 0 Å². The summed E-state index contributed by atoms with van der Waals surface area (Å²) in [5.74, 6) is 3.44. The van der Waals surface area contributed by atoms with Crippen molar-refractivity contribution in [2.45, 2.75) is 10.8 Å². The lowest BCUT2D eigenvalue weighted by atomic mass is 9.65. The highest BCUT2D eigenvalue weighted by atomic mass is 15.1. The number of hydrogen-bond acceptors (Lipinski definition) is 6. The van der Waals surface area contributed by atoms with E-state index in [1.165, 1.54) is 127 Å². The highest BCUT2D eigenvalue weighted by Crippen LogP contribution is 2.65. The van der Waals surface area contributed by atoms with Gasteiger partial charge in [0.15, 0.2) is 34.9 Å². The Hall–Kier alpha value is -15.9. The summed E-state index contributed by atoms with van der Waals surface area (Å²) >= 11 is 0. The molecule has 1 unspecified atom stereocenters. The molecule has 18 aromatic carbocycles. The summed E-state index contributed by atoms with van der Waals surface area (Å²) in [4.78, 5) is 32.6. The molecule has 120 heavy (non-hydrogen) atoms. The van der Waals surface area contributed by atoms with Crippen molar-refractivity contribution >= 4 is 65.2 Å². The minimum atomic E-state index is -0.595. The van der Waals surface area contributed by atoms with E-state index in [4.69, 9.17) is 29.9 Å². The number of rotatable bonds is 9. The lowest BCUT2D eigenvalue weighted by Gasteiger charge is -2.40. The van der Waals surface area contributed by atoms with Crippen molar-refractivity contribution < 1.29 is 0 Å². The van der Waals surface area contributed by atoms with Gasteiger partial charge in [-0.2, -0.15) is 0 Å². The molecule has 0 saturated carbocycles. The fourth-order valence-corrected chi connectivity index (χ4v) is 21.5. The molecule has 0 saturated heterocycles. The highest BCUT2D eigenvalue weighted by Gasteiger charge is 2.53. The Labute approximate surface area is 690 Å². The number of aromatic nitrogens is 8. The molecule has 2 aliphatic heterocycles. The van der Waals surface area contributed by atoms with E-state index in [1.54, 1.807) is 0 Å². The van der Waals surface area contributed by atoms with Crippen molar-refractivity contribution in [2.75, 3.05) is 0 Å². The summed E-state index contributed by atoms with van der Waals surface area (Å²) in [5.41, 5.74) is 33.2. The van der Waals surface area contributed by atoms with Gasteiger partial charge in [-0.15, -0.1) is 0 Å². The molecule has 1 atom stereocenters. The third-order valence-corrected chi connectivity index (χ3v) is 26.2. The Morgan fingerprint density at radius 2 is 0.492 bits per heavy atom. The van der Waals surface area contributed by atoms with Crippen LogP contribution in [0.4, 0.5) is 0 Å². The minimum absolute atomic E-state index is 0.558. The van der Waals surface area contributed by atoms with E-state index in [-0.39, 0.29) is 0 Å². The quantitative estimate of drug-likeness (QED) is 0.143. The lowest BCUT2D eigenvalue weighted by Crippen LogP contribution is -2.33. The SMILES string of the molecule is c1ccc(-c2nc(-c3cccc(-c4cccc(-c5nc(-c6ccccc6)nc(-c6cccc7c(-c8cccc9c8-n8c%10ccccc%10c%10cccc(c%108)C98c9ccccc9-c9ccccc98)cccc67)n5)c4)c3)nc(-c3cccc4c(-c5cccc6c5-c5ccccc5C65c6ccccc6-n6c7ccccc7c7cccc5c76)cccc34)n2)cc1. The number of benzene rings is 18. The van der Waals surface area contributed by atoms with Crippen molar-refractivity contribution in [1.82, 2.24) is 39.0 Å². The second-order valence-electron chi connectivity index (χ2n) is 32.1. The standard InChI is InChI=1S/C112H66N8/c1-3-29-67(30-4-1)105-113-107(117-109(115-105)87-52-23-42-73-75(44-21-46-77(73)87)83-48-25-58-94-101(83)89-41-9-14-56-92(89)112(94)93-57-15-18-64-100(93)119-98-62-16-10-39-81(98)85-50-27-59-95(112)102(85)119)71-35-19-33-69(65-71)70-34-20-36-72(66-70)108-114-106(68-31-5-2-6-32-68)116-110(118-108)88-53-24-43-74-76(45-22-47-78(74)88)84-49-26-60-96-103(84)120-99-63-17-11-40-82(99)86-51-28-61-97(104(86)120)111(96)90-54-12-7-37-79(90)80-38-8-13-55-91(80)111/h1-66H. The molecule has 8 nitrogen and oxygen atoms in total. The maximum atomic E-state index is 5.53. The minimum Gasteiger partial charge on any atom is -0.309 e. The first-order valence-corrected chi connectivity index (χ1v) is 41.2. The first-order chi connectivity index (χ1) is 59.5. The number of fused-ring (bicyclic) bond motifs is 26. The van der Waals surface area contributed by atoms with Crippen molar-refractivity contribution in [3.63, 3.8) is 0 Å². The van der Waals surface area contributed by atoms with Crippen LogP contribution in [0.2, 0.25) is 0 Å². The van der Waals surface area contributed by atoms with Crippen LogP contribution in [0.25, 0.3) is 200 Å².